The molecule has 5 heteroatoms. The number of nitrogens with zero attached hydrogens (tertiary/aromatic N) is 3. The fraction of sp³-hybridized carbons (Fsp3) is 0.364. The van der Waals surface area contributed by atoms with Gasteiger partial charge < -0.3 is 5.32 Å². The molecular weight excluding hydrogens is 202 g/mol. The van der Waals surface area contributed by atoms with Gasteiger partial charge in [-0.3, -0.25) is 5.10 Å². The van der Waals surface area contributed by atoms with Crippen molar-refractivity contribution >= 4 is 5.82 Å². The van der Waals surface area contributed by atoms with Crippen LogP contribution in [0.4, 0.5) is 5.82 Å². The molecular formula is C11H15N5. The van der Waals surface area contributed by atoms with Gasteiger partial charge in [-0.15, -0.1) is 0 Å². The summed E-state index contributed by atoms with van der Waals surface area (Å²) in [5, 5.41) is 10.0. The Balaban J connectivity index is 2.14. The molecule has 0 unspecified atom stereocenters. The summed E-state index contributed by atoms with van der Waals surface area (Å²) in [6.07, 6.45) is 3.26. The summed E-state index contributed by atoms with van der Waals surface area (Å²) in [7, 11) is 0. The van der Waals surface area contributed by atoms with Crippen LogP contribution in [0.15, 0.2) is 24.7 Å². The molecule has 84 valence electrons. The van der Waals surface area contributed by atoms with Crippen molar-refractivity contribution in [3.05, 3.63) is 24.7 Å². The van der Waals surface area contributed by atoms with Crippen molar-refractivity contribution in [3.8, 4) is 11.4 Å². The van der Waals surface area contributed by atoms with E-state index in [2.05, 4.69) is 39.3 Å². The van der Waals surface area contributed by atoms with Crippen molar-refractivity contribution in [2.45, 2.75) is 13.8 Å². The summed E-state index contributed by atoms with van der Waals surface area (Å²) in [6, 6.07) is 3.80. The van der Waals surface area contributed by atoms with Crippen LogP contribution in [0.1, 0.15) is 13.8 Å². The van der Waals surface area contributed by atoms with E-state index >= 15 is 0 Å². The fourth-order valence-corrected chi connectivity index (χ4v) is 1.31. The van der Waals surface area contributed by atoms with Crippen molar-refractivity contribution < 1.29 is 0 Å². The van der Waals surface area contributed by atoms with Gasteiger partial charge in [0.25, 0.3) is 0 Å². The van der Waals surface area contributed by atoms with Crippen LogP contribution < -0.4 is 5.32 Å². The molecule has 5 nitrogen and oxygen atoms in total. The van der Waals surface area contributed by atoms with Crippen molar-refractivity contribution in [1.29, 1.82) is 0 Å². The maximum atomic E-state index is 4.19. The second-order valence-electron chi connectivity index (χ2n) is 4.03. The number of aromatic nitrogens is 4. The number of hydrogen-bond donors (Lipinski definition) is 2. The third-order valence-corrected chi connectivity index (χ3v) is 2.14. The predicted molar refractivity (Wildman–Crippen MR) is 62.9 cm³/mol. The molecule has 2 rings (SSSR count). The zero-order chi connectivity index (χ0) is 11.4. The zero-order valence-electron chi connectivity index (χ0n) is 9.44. The van der Waals surface area contributed by atoms with Crippen LogP contribution in [0.5, 0.6) is 0 Å². The molecule has 0 atom stereocenters. The summed E-state index contributed by atoms with van der Waals surface area (Å²) < 4.78 is 0. The van der Waals surface area contributed by atoms with E-state index in [1.807, 2.05) is 12.1 Å². The standard InChI is InChI=1S/C11H15N5/c1-8(2)6-12-11-5-10(13-7-14-11)9-3-4-15-16-9/h3-5,7-8H,6H2,1-2H3,(H,15,16)(H,12,13,14). The van der Waals surface area contributed by atoms with Gasteiger partial charge in [0.2, 0.25) is 0 Å². The molecule has 0 amide bonds. The highest BCUT2D eigenvalue weighted by Gasteiger charge is 2.02. The number of anilines is 1. The average Bonchev–Trinajstić information content (AvgIpc) is 2.80. The van der Waals surface area contributed by atoms with E-state index in [1.165, 1.54) is 0 Å². The van der Waals surface area contributed by atoms with Gasteiger partial charge in [0, 0.05) is 18.8 Å². The van der Waals surface area contributed by atoms with Crippen LogP contribution >= 0.6 is 0 Å². The number of nitrogens with one attached hydrogen (secondary N) is 2. The Kier molecular flexibility index (Phi) is 3.14. The van der Waals surface area contributed by atoms with Gasteiger partial charge >= 0.3 is 0 Å². The van der Waals surface area contributed by atoms with Crippen LogP contribution in [-0.2, 0) is 0 Å². The quantitative estimate of drug-likeness (QED) is 0.821. The first-order valence-electron chi connectivity index (χ1n) is 5.31. The first kappa shape index (κ1) is 10.6. The predicted octanol–water partition coefficient (Wildman–Crippen LogP) is 1.93. The molecule has 0 fully saturated rings. The molecule has 0 aliphatic rings. The van der Waals surface area contributed by atoms with E-state index in [0.717, 1.165) is 23.8 Å². The summed E-state index contributed by atoms with van der Waals surface area (Å²) in [6.45, 7) is 5.22. The van der Waals surface area contributed by atoms with Gasteiger partial charge in [0.05, 0.1) is 11.4 Å². The summed E-state index contributed by atoms with van der Waals surface area (Å²) >= 11 is 0. The molecule has 0 saturated heterocycles. The molecule has 2 aromatic rings. The monoisotopic (exact) mass is 217 g/mol. The largest absolute Gasteiger partial charge is 0.370 e. The number of aromatic amines is 1. The lowest BCUT2D eigenvalue weighted by molar-refractivity contribution is 0.687. The highest BCUT2D eigenvalue weighted by Crippen LogP contribution is 2.15. The Morgan fingerprint density at radius 3 is 2.94 bits per heavy atom. The number of rotatable bonds is 4. The minimum absolute atomic E-state index is 0.588. The van der Waals surface area contributed by atoms with E-state index in [-0.39, 0.29) is 0 Å². The second-order valence-corrected chi connectivity index (χ2v) is 4.03. The smallest absolute Gasteiger partial charge is 0.130 e. The molecule has 0 aliphatic heterocycles. The fourth-order valence-electron chi connectivity index (χ4n) is 1.31. The minimum Gasteiger partial charge on any atom is -0.370 e. The highest BCUT2D eigenvalue weighted by atomic mass is 15.1. The lowest BCUT2D eigenvalue weighted by Crippen LogP contribution is -2.09. The molecule has 0 saturated carbocycles. The molecule has 0 radical (unpaired) electrons. The Labute approximate surface area is 94.3 Å². The van der Waals surface area contributed by atoms with Crippen LogP contribution in [0.3, 0.4) is 0 Å². The van der Waals surface area contributed by atoms with Gasteiger partial charge in [-0.2, -0.15) is 5.10 Å². The Morgan fingerprint density at radius 1 is 1.38 bits per heavy atom. The van der Waals surface area contributed by atoms with Crippen LogP contribution in [-0.4, -0.2) is 26.7 Å². The van der Waals surface area contributed by atoms with Crippen LogP contribution in [0, 0.1) is 5.92 Å². The molecule has 2 heterocycles. The third-order valence-electron chi connectivity index (χ3n) is 2.14. The van der Waals surface area contributed by atoms with Crippen LogP contribution in [0.2, 0.25) is 0 Å². The maximum Gasteiger partial charge on any atom is 0.130 e. The topological polar surface area (TPSA) is 66.5 Å². The first-order valence-corrected chi connectivity index (χ1v) is 5.31. The normalized spacial score (nSPS) is 10.7. The van der Waals surface area contributed by atoms with Gasteiger partial charge in [0.15, 0.2) is 0 Å². The molecule has 0 aromatic carbocycles. The summed E-state index contributed by atoms with van der Waals surface area (Å²) in [4.78, 5) is 8.35. The Bertz CT molecular complexity index is 435. The van der Waals surface area contributed by atoms with E-state index in [4.69, 9.17) is 0 Å². The van der Waals surface area contributed by atoms with Gasteiger partial charge in [-0.25, -0.2) is 9.97 Å². The van der Waals surface area contributed by atoms with Crippen molar-refractivity contribution in [2.24, 2.45) is 5.92 Å². The Morgan fingerprint density at radius 2 is 2.25 bits per heavy atom. The Hall–Kier alpha value is -1.91. The van der Waals surface area contributed by atoms with Crippen molar-refractivity contribution in [2.75, 3.05) is 11.9 Å². The third kappa shape index (κ3) is 2.56. The number of hydrogen-bond acceptors (Lipinski definition) is 4. The first-order chi connectivity index (χ1) is 7.75. The van der Waals surface area contributed by atoms with E-state index in [1.54, 1.807) is 12.5 Å². The second kappa shape index (κ2) is 4.74. The molecule has 0 bridgehead atoms. The van der Waals surface area contributed by atoms with E-state index < -0.39 is 0 Å². The minimum atomic E-state index is 0.588. The van der Waals surface area contributed by atoms with Crippen molar-refractivity contribution in [1.82, 2.24) is 20.2 Å². The molecule has 0 spiro atoms. The summed E-state index contributed by atoms with van der Waals surface area (Å²) in [5.41, 5.74) is 1.74. The number of H-pyrrole nitrogens is 1. The van der Waals surface area contributed by atoms with Gasteiger partial charge in [0.1, 0.15) is 12.1 Å². The summed E-state index contributed by atoms with van der Waals surface area (Å²) in [5.74, 6) is 1.43. The molecule has 2 N–H and O–H groups in total. The van der Waals surface area contributed by atoms with Crippen molar-refractivity contribution in [3.63, 3.8) is 0 Å². The molecule has 16 heavy (non-hydrogen) atoms. The highest BCUT2D eigenvalue weighted by molar-refractivity contribution is 5.57. The van der Waals surface area contributed by atoms with E-state index in [9.17, 15) is 0 Å². The maximum absolute atomic E-state index is 4.19. The molecule has 0 aliphatic carbocycles. The average molecular weight is 217 g/mol. The lowest BCUT2D eigenvalue weighted by Gasteiger charge is -2.08. The molecule has 2 aromatic heterocycles. The lowest BCUT2D eigenvalue weighted by atomic mass is 10.2. The SMILES string of the molecule is CC(C)CNc1cc(-c2ccn[nH]2)ncn1. The van der Waals surface area contributed by atoms with Crippen LogP contribution in [0.25, 0.3) is 11.4 Å². The van der Waals surface area contributed by atoms with Gasteiger partial charge in [-0.05, 0) is 12.0 Å². The van der Waals surface area contributed by atoms with E-state index in [0.29, 0.717) is 5.92 Å². The van der Waals surface area contributed by atoms with Gasteiger partial charge in [-0.1, -0.05) is 13.8 Å². The zero-order valence-corrected chi connectivity index (χ0v) is 9.44.